The molecule has 0 aliphatic carbocycles. The largest absolute Gasteiger partial charge is 0.497 e. The molecule has 0 spiro atoms. The van der Waals surface area contributed by atoms with Gasteiger partial charge in [-0.2, -0.15) is 0 Å². The second kappa shape index (κ2) is 10.5. The number of likely N-dealkylation sites (tertiary alicyclic amines) is 1. The molecule has 3 aromatic rings. The van der Waals surface area contributed by atoms with E-state index in [2.05, 4.69) is 16.8 Å². The molecule has 1 fully saturated rings. The first-order valence-electron chi connectivity index (χ1n) is 10.9. The van der Waals surface area contributed by atoms with Crippen LogP contribution in [0.5, 0.6) is 5.75 Å². The first kappa shape index (κ1) is 22.1. The molecule has 1 aliphatic heterocycles. The number of nitrogens with zero attached hydrogens (tertiary/aromatic N) is 4. The van der Waals surface area contributed by atoms with Crippen molar-refractivity contribution in [2.24, 2.45) is 0 Å². The third-order valence-electron chi connectivity index (χ3n) is 5.59. The van der Waals surface area contributed by atoms with E-state index in [0.29, 0.717) is 11.7 Å². The Morgan fingerprint density at radius 1 is 1.09 bits per heavy atom. The van der Waals surface area contributed by atoms with E-state index in [1.54, 1.807) is 7.11 Å². The van der Waals surface area contributed by atoms with E-state index in [4.69, 9.17) is 4.74 Å². The van der Waals surface area contributed by atoms with E-state index < -0.39 is 0 Å². The van der Waals surface area contributed by atoms with Crippen LogP contribution in [0.3, 0.4) is 0 Å². The molecule has 2 aromatic carbocycles. The topological polar surface area (TPSA) is 60.2 Å². The molecule has 1 aromatic heterocycles. The van der Waals surface area contributed by atoms with Crippen molar-refractivity contribution >= 4 is 17.7 Å². The highest BCUT2D eigenvalue weighted by Crippen LogP contribution is 2.38. The zero-order valence-corrected chi connectivity index (χ0v) is 19.1. The Morgan fingerprint density at radius 3 is 2.47 bits per heavy atom. The summed E-state index contributed by atoms with van der Waals surface area (Å²) in [5.41, 5.74) is 1.91. The van der Waals surface area contributed by atoms with Crippen molar-refractivity contribution in [1.82, 2.24) is 19.7 Å². The van der Waals surface area contributed by atoms with Gasteiger partial charge in [-0.15, -0.1) is 16.8 Å². The van der Waals surface area contributed by atoms with Gasteiger partial charge in [0.1, 0.15) is 11.0 Å². The van der Waals surface area contributed by atoms with Crippen molar-refractivity contribution in [3.05, 3.63) is 72.8 Å². The lowest BCUT2D eigenvalue weighted by Gasteiger charge is -2.30. The maximum absolute atomic E-state index is 13.5. The Kier molecular flexibility index (Phi) is 7.27. The van der Waals surface area contributed by atoms with Gasteiger partial charge in [0.15, 0.2) is 11.0 Å². The number of piperidine rings is 1. The summed E-state index contributed by atoms with van der Waals surface area (Å²) in [5.74, 6) is 1.67. The molecule has 6 nitrogen and oxygen atoms in total. The number of carbonyl (C=O) groups is 1. The van der Waals surface area contributed by atoms with Crippen molar-refractivity contribution in [3.63, 3.8) is 0 Å². The van der Waals surface area contributed by atoms with Gasteiger partial charge in [-0.25, -0.2) is 0 Å². The minimum Gasteiger partial charge on any atom is -0.497 e. The average molecular weight is 449 g/mol. The standard InChI is InChI=1S/C25H28N4O2S/c1-3-16-29-23(20-12-14-21(31-2)15-13-20)26-27-25(29)32-22(19-10-6-4-7-11-19)24(30)28-17-8-5-9-18-28/h3-4,6-7,10-15,22H,1,5,8-9,16-18H2,2H3. The van der Waals surface area contributed by atoms with Crippen LogP contribution < -0.4 is 4.74 Å². The van der Waals surface area contributed by atoms with Crippen LogP contribution in [-0.4, -0.2) is 45.8 Å². The maximum Gasteiger partial charge on any atom is 0.240 e. The van der Waals surface area contributed by atoms with E-state index in [-0.39, 0.29) is 11.2 Å². The number of methoxy groups -OCH3 is 1. The molecule has 1 aliphatic rings. The Hall–Kier alpha value is -3.06. The number of ether oxygens (including phenoxy) is 1. The summed E-state index contributed by atoms with van der Waals surface area (Å²) in [6.07, 6.45) is 5.13. The predicted octanol–water partition coefficient (Wildman–Crippen LogP) is 4.99. The monoisotopic (exact) mass is 448 g/mol. The predicted molar refractivity (Wildman–Crippen MR) is 128 cm³/mol. The van der Waals surface area contributed by atoms with Gasteiger partial charge in [0.05, 0.1) is 7.11 Å². The van der Waals surface area contributed by atoms with Crippen LogP contribution in [0.15, 0.2) is 72.4 Å². The lowest BCUT2D eigenvalue weighted by molar-refractivity contribution is -0.131. The third-order valence-corrected chi connectivity index (χ3v) is 6.82. The first-order valence-corrected chi connectivity index (χ1v) is 11.8. The zero-order valence-electron chi connectivity index (χ0n) is 18.3. The molecule has 1 saturated heterocycles. The lowest BCUT2D eigenvalue weighted by atomic mass is 10.1. The van der Waals surface area contributed by atoms with Crippen molar-refractivity contribution in [2.75, 3.05) is 20.2 Å². The smallest absolute Gasteiger partial charge is 0.240 e. The van der Waals surface area contributed by atoms with Crippen molar-refractivity contribution in [3.8, 4) is 17.1 Å². The Labute approximate surface area is 193 Å². The van der Waals surface area contributed by atoms with Gasteiger partial charge in [0, 0.05) is 25.2 Å². The summed E-state index contributed by atoms with van der Waals surface area (Å²) in [6.45, 7) is 6.09. The molecule has 0 saturated carbocycles. The fourth-order valence-electron chi connectivity index (χ4n) is 3.90. The number of thioether (sulfide) groups is 1. The summed E-state index contributed by atoms with van der Waals surface area (Å²) >= 11 is 1.46. The fourth-order valence-corrected chi connectivity index (χ4v) is 5.03. The van der Waals surface area contributed by atoms with E-state index in [0.717, 1.165) is 48.6 Å². The van der Waals surface area contributed by atoms with Gasteiger partial charge in [0.2, 0.25) is 5.91 Å². The van der Waals surface area contributed by atoms with Gasteiger partial charge in [-0.05, 0) is 49.1 Å². The van der Waals surface area contributed by atoms with E-state index in [1.165, 1.54) is 18.2 Å². The van der Waals surface area contributed by atoms with Crippen molar-refractivity contribution < 1.29 is 9.53 Å². The quantitative estimate of drug-likeness (QED) is 0.359. The van der Waals surface area contributed by atoms with Crippen molar-refractivity contribution in [2.45, 2.75) is 36.2 Å². The zero-order chi connectivity index (χ0) is 22.3. The van der Waals surface area contributed by atoms with Gasteiger partial charge < -0.3 is 9.64 Å². The Morgan fingerprint density at radius 2 is 1.81 bits per heavy atom. The number of aromatic nitrogens is 3. The first-order chi connectivity index (χ1) is 15.7. The minimum atomic E-state index is -0.370. The highest BCUT2D eigenvalue weighted by atomic mass is 32.2. The highest BCUT2D eigenvalue weighted by molar-refractivity contribution is 8.00. The molecule has 0 N–H and O–H groups in total. The lowest BCUT2D eigenvalue weighted by Crippen LogP contribution is -2.38. The number of amides is 1. The number of hydrogen-bond donors (Lipinski definition) is 0. The molecule has 7 heteroatoms. The Balaban J connectivity index is 1.67. The molecule has 1 atom stereocenters. The molecule has 32 heavy (non-hydrogen) atoms. The molecule has 0 bridgehead atoms. The third kappa shape index (κ3) is 4.88. The molecule has 1 unspecified atom stereocenters. The second-order valence-electron chi connectivity index (χ2n) is 7.73. The summed E-state index contributed by atoms with van der Waals surface area (Å²) in [4.78, 5) is 15.5. The summed E-state index contributed by atoms with van der Waals surface area (Å²) in [7, 11) is 1.65. The van der Waals surface area contributed by atoms with Crippen LogP contribution >= 0.6 is 11.8 Å². The number of benzene rings is 2. The van der Waals surface area contributed by atoms with Crippen molar-refractivity contribution in [1.29, 1.82) is 0 Å². The van der Waals surface area contributed by atoms with Crippen LogP contribution in [0.2, 0.25) is 0 Å². The molecule has 1 amide bonds. The Bertz CT molecular complexity index is 1040. The van der Waals surface area contributed by atoms with E-state index in [1.807, 2.05) is 70.1 Å². The van der Waals surface area contributed by atoms with Gasteiger partial charge in [-0.3, -0.25) is 9.36 Å². The minimum absolute atomic E-state index is 0.139. The van der Waals surface area contributed by atoms with Gasteiger partial charge in [0.25, 0.3) is 0 Å². The van der Waals surface area contributed by atoms with Crippen LogP contribution in [0.1, 0.15) is 30.1 Å². The molecule has 2 heterocycles. The van der Waals surface area contributed by atoms with E-state index in [9.17, 15) is 4.79 Å². The van der Waals surface area contributed by atoms with E-state index >= 15 is 0 Å². The summed E-state index contributed by atoms with van der Waals surface area (Å²) in [6, 6.07) is 17.7. The maximum atomic E-state index is 13.5. The molecule has 4 rings (SSSR count). The molecular formula is C25H28N4O2S. The van der Waals surface area contributed by atoms with Gasteiger partial charge >= 0.3 is 0 Å². The number of carbonyl (C=O) groups excluding carboxylic acids is 1. The normalized spacial score (nSPS) is 14.7. The second-order valence-corrected chi connectivity index (χ2v) is 8.80. The molecule has 166 valence electrons. The van der Waals surface area contributed by atoms with Crippen LogP contribution in [0.25, 0.3) is 11.4 Å². The molecular weight excluding hydrogens is 420 g/mol. The number of allylic oxidation sites excluding steroid dienone is 1. The summed E-state index contributed by atoms with van der Waals surface area (Å²) in [5, 5.41) is 9.26. The fraction of sp³-hybridized carbons (Fsp3) is 0.320. The van der Waals surface area contributed by atoms with Gasteiger partial charge in [-0.1, -0.05) is 48.2 Å². The average Bonchev–Trinajstić information content (AvgIpc) is 3.25. The molecule has 0 radical (unpaired) electrons. The SMILES string of the molecule is C=CCn1c(SC(C(=O)N2CCCCC2)c2ccccc2)nnc1-c1ccc(OC)cc1. The van der Waals surface area contributed by atoms with Crippen LogP contribution in [0.4, 0.5) is 0 Å². The summed E-state index contributed by atoms with van der Waals surface area (Å²) < 4.78 is 7.28. The number of rotatable bonds is 8. The van der Waals surface area contributed by atoms with Crippen LogP contribution in [0, 0.1) is 0 Å². The van der Waals surface area contributed by atoms with Crippen LogP contribution in [-0.2, 0) is 11.3 Å². The number of hydrogen-bond acceptors (Lipinski definition) is 5. The highest BCUT2D eigenvalue weighted by Gasteiger charge is 2.30.